The molecule has 1 aliphatic rings. The fourth-order valence-electron chi connectivity index (χ4n) is 2.56. The molecule has 18 heavy (non-hydrogen) atoms. The molecule has 0 bridgehead atoms. The molecule has 0 amide bonds. The van der Waals surface area contributed by atoms with Crippen LogP contribution in [0.4, 0.5) is 0 Å². The molecular weight excluding hydrogens is 310 g/mol. The normalized spacial score (nSPS) is 25.5. The molecule has 102 valence electrons. The van der Waals surface area contributed by atoms with E-state index in [9.17, 15) is 0 Å². The van der Waals surface area contributed by atoms with Crippen LogP contribution in [0.3, 0.4) is 0 Å². The van der Waals surface area contributed by atoms with Crippen molar-refractivity contribution in [2.24, 2.45) is 0 Å². The first-order valence-corrected chi connectivity index (χ1v) is 8.41. The summed E-state index contributed by atoms with van der Waals surface area (Å²) in [5.41, 5.74) is 0.00559. The van der Waals surface area contributed by atoms with Gasteiger partial charge in [0.05, 0.1) is 5.60 Å². The summed E-state index contributed by atoms with van der Waals surface area (Å²) in [7, 11) is 0. The molecule has 1 aromatic rings. The Morgan fingerprint density at radius 2 is 2.44 bits per heavy atom. The van der Waals surface area contributed by atoms with E-state index in [4.69, 9.17) is 4.74 Å². The van der Waals surface area contributed by atoms with Crippen LogP contribution in [-0.4, -0.2) is 24.8 Å². The first-order valence-electron chi connectivity index (χ1n) is 6.74. The van der Waals surface area contributed by atoms with Crippen molar-refractivity contribution in [3.05, 3.63) is 20.8 Å². The maximum Gasteiger partial charge on any atom is 0.0811 e. The molecule has 2 atom stereocenters. The topological polar surface area (TPSA) is 21.3 Å². The van der Waals surface area contributed by atoms with Crippen LogP contribution in [0.25, 0.3) is 0 Å². The second-order valence-electron chi connectivity index (χ2n) is 5.21. The molecule has 1 aliphatic heterocycles. The minimum absolute atomic E-state index is 0.00559. The van der Waals surface area contributed by atoms with E-state index in [1.54, 1.807) is 0 Å². The number of hydrogen-bond acceptors (Lipinski definition) is 3. The zero-order chi connectivity index (χ0) is 13.0. The van der Waals surface area contributed by atoms with Crippen LogP contribution in [0.15, 0.2) is 15.9 Å². The van der Waals surface area contributed by atoms with Gasteiger partial charge in [-0.15, -0.1) is 11.3 Å². The van der Waals surface area contributed by atoms with Crippen LogP contribution in [0.2, 0.25) is 0 Å². The summed E-state index contributed by atoms with van der Waals surface area (Å²) < 4.78 is 7.20. The number of thiophene rings is 1. The maximum atomic E-state index is 6.01. The largest absolute Gasteiger partial charge is 0.374 e. The van der Waals surface area contributed by atoms with E-state index in [2.05, 4.69) is 46.5 Å². The molecule has 1 N–H and O–H groups in total. The van der Waals surface area contributed by atoms with E-state index in [0.29, 0.717) is 6.04 Å². The third kappa shape index (κ3) is 3.56. The third-order valence-electron chi connectivity index (χ3n) is 3.65. The Bertz CT molecular complexity index is 374. The number of nitrogens with one attached hydrogen (secondary N) is 1. The Kier molecular flexibility index (Phi) is 5.24. The highest BCUT2D eigenvalue weighted by Crippen LogP contribution is 2.32. The van der Waals surface area contributed by atoms with E-state index in [1.807, 2.05) is 11.3 Å². The number of rotatable bonds is 6. The van der Waals surface area contributed by atoms with E-state index in [1.165, 1.54) is 28.6 Å². The summed E-state index contributed by atoms with van der Waals surface area (Å²) in [5.74, 6) is 0. The molecule has 0 saturated carbocycles. The van der Waals surface area contributed by atoms with Gasteiger partial charge in [0.2, 0.25) is 0 Å². The van der Waals surface area contributed by atoms with Crippen LogP contribution in [0.5, 0.6) is 0 Å². The van der Waals surface area contributed by atoms with Crippen molar-refractivity contribution in [2.45, 2.75) is 51.2 Å². The highest BCUT2D eigenvalue weighted by atomic mass is 79.9. The van der Waals surface area contributed by atoms with Crippen molar-refractivity contribution >= 4 is 27.3 Å². The molecular formula is C14H22BrNOS. The molecule has 2 heterocycles. The lowest BCUT2D eigenvalue weighted by Gasteiger charge is -2.34. The first kappa shape index (κ1) is 14.5. The predicted octanol–water partition coefficient (Wildman–Crippen LogP) is 3.99. The zero-order valence-corrected chi connectivity index (χ0v) is 13.6. The van der Waals surface area contributed by atoms with Crippen molar-refractivity contribution in [3.8, 4) is 0 Å². The second-order valence-corrected chi connectivity index (χ2v) is 7.12. The van der Waals surface area contributed by atoms with E-state index < -0.39 is 0 Å². The van der Waals surface area contributed by atoms with Gasteiger partial charge < -0.3 is 10.1 Å². The van der Waals surface area contributed by atoms with Crippen molar-refractivity contribution in [2.75, 3.05) is 13.2 Å². The minimum Gasteiger partial charge on any atom is -0.374 e. The highest BCUT2D eigenvalue weighted by molar-refractivity contribution is 9.10. The van der Waals surface area contributed by atoms with Gasteiger partial charge in [0.15, 0.2) is 0 Å². The van der Waals surface area contributed by atoms with Crippen molar-refractivity contribution in [3.63, 3.8) is 0 Å². The van der Waals surface area contributed by atoms with Gasteiger partial charge >= 0.3 is 0 Å². The van der Waals surface area contributed by atoms with Crippen LogP contribution in [0, 0.1) is 0 Å². The minimum atomic E-state index is 0.00559. The van der Waals surface area contributed by atoms with Gasteiger partial charge in [-0.2, -0.15) is 0 Å². The summed E-state index contributed by atoms with van der Waals surface area (Å²) in [6.07, 6.45) is 4.59. The molecule has 0 spiro atoms. The Morgan fingerprint density at radius 3 is 3.00 bits per heavy atom. The Hall–Kier alpha value is 0.1000. The Labute approximate surface area is 122 Å². The maximum absolute atomic E-state index is 6.01. The van der Waals surface area contributed by atoms with Crippen molar-refractivity contribution < 1.29 is 4.74 Å². The molecule has 0 aliphatic carbocycles. The molecule has 2 unspecified atom stereocenters. The van der Waals surface area contributed by atoms with Crippen LogP contribution >= 0.6 is 27.3 Å². The van der Waals surface area contributed by atoms with Gasteiger partial charge in [-0.3, -0.25) is 0 Å². The van der Waals surface area contributed by atoms with E-state index in [0.717, 1.165) is 19.6 Å². The Morgan fingerprint density at radius 1 is 1.61 bits per heavy atom. The van der Waals surface area contributed by atoms with Gasteiger partial charge in [0, 0.05) is 27.4 Å². The summed E-state index contributed by atoms with van der Waals surface area (Å²) in [6.45, 7) is 6.45. The molecule has 0 radical (unpaired) electrons. The highest BCUT2D eigenvalue weighted by Gasteiger charge is 2.38. The molecule has 1 aromatic heterocycles. The predicted molar refractivity (Wildman–Crippen MR) is 81.4 cm³/mol. The summed E-state index contributed by atoms with van der Waals surface area (Å²) in [4.78, 5) is 1.42. The summed E-state index contributed by atoms with van der Waals surface area (Å²) >= 11 is 5.36. The van der Waals surface area contributed by atoms with Crippen LogP contribution in [0.1, 0.15) is 38.0 Å². The molecule has 4 heteroatoms. The second kappa shape index (κ2) is 6.51. The number of hydrogen-bond donors (Lipinski definition) is 1. The summed E-state index contributed by atoms with van der Waals surface area (Å²) in [5, 5.41) is 5.83. The third-order valence-corrected chi connectivity index (χ3v) is 5.37. The van der Waals surface area contributed by atoms with Gasteiger partial charge in [0.1, 0.15) is 0 Å². The van der Waals surface area contributed by atoms with E-state index in [-0.39, 0.29) is 5.60 Å². The standard InChI is InChI=1S/C14H22BrNOS/c1-3-6-16-13(14(2)5-4-7-17-14)9-12-8-11(15)10-18-12/h8,10,13,16H,3-7,9H2,1-2H3. The van der Waals surface area contributed by atoms with Crippen LogP contribution < -0.4 is 5.32 Å². The lowest BCUT2D eigenvalue weighted by molar-refractivity contribution is -0.0112. The van der Waals surface area contributed by atoms with Crippen molar-refractivity contribution in [1.29, 1.82) is 0 Å². The fourth-order valence-corrected chi connectivity index (χ4v) is 4.06. The average Bonchev–Trinajstić information content (AvgIpc) is 2.94. The average molecular weight is 332 g/mol. The number of halogens is 1. The molecule has 1 fully saturated rings. The first-order chi connectivity index (χ1) is 8.64. The van der Waals surface area contributed by atoms with Crippen LogP contribution in [-0.2, 0) is 11.2 Å². The monoisotopic (exact) mass is 331 g/mol. The smallest absolute Gasteiger partial charge is 0.0811 e. The van der Waals surface area contributed by atoms with Gasteiger partial charge in [-0.25, -0.2) is 0 Å². The molecule has 2 nitrogen and oxygen atoms in total. The zero-order valence-electron chi connectivity index (χ0n) is 11.2. The Balaban J connectivity index is 2.04. The SMILES string of the molecule is CCCNC(Cc1cc(Br)cs1)C1(C)CCCO1. The molecule has 2 rings (SSSR count). The van der Waals surface area contributed by atoms with E-state index >= 15 is 0 Å². The molecule has 1 saturated heterocycles. The lowest BCUT2D eigenvalue weighted by Crippen LogP contribution is -2.50. The van der Waals surface area contributed by atoms with Crippen molar-refractivity contribution in [1.82, 2.24) is 5.32 Å². The number of ether oxygens (including phenoxy) is 1. The quantitative estimate of drug-likeness (QED) is 0.850. The van der Waals surface area contributed by atoms with Gasteiger partial charge in [-0.05, 0) is 61.1 Å². The lowest BCUT2D eigenvalue weighted by atomic mass is 9.90. The van der Waals surface area contributed by atoms with Gasteiger partial charge in [-0.1, -0.05) is 6.92 Å². The molecule has 0 aromatic carbocycles. The summed E-state index contributed by atoms with van der Waals surface area (Å²) in [6, 6.07) is 2.65. The fraction of sp³-hybridized carbons (Fsp3) is 0.714. The van der Waals surface area contributed by atoms with Gasteiger partial charge in [0.25, 0.3) is 0 Å².